The van der Waals surface area contributed by atoms with E-state index in [0.29, 0.717) is 39.7 Å². The van der Waals surface area contributed by atoms with Gasteiger partial charge < -0.3 is 19.5 Å². The molecular formula is C24H24N2O6S. The Morgan fingerprint density at radius 2 is 2.00 bits per heavy atom. The molecule has 1 aliphatic heterocycles. The van der Waals surface area contributed by atoms with Crippen molar-refractivity contribution < 1.29 is 28.6 Å². The van der Waals surface area contributed by atoms with Gasteiger partial charge in [-0.25, -0.2) is 4.79 Å². The van der Waals surface area contributed by atoms with Crippen LogP contribution in [0.2, 0.25) is 0 Å². The van der Waals surface area contributed by atoms with Crippen molar-refractivity contribution in [3.05, 3.63) is 47.3 Å². The normalized spacial score (nSPS) is 15.1. The minimum absolute atomic E-state index is 0.155. The molecule has 1 N–H and O–H groups in total. The number of methoxy groups -OCH3 is 1. The number of thiophene rings is 1. The summed E-state index contributed by atoms with van der Waals surface area (Å²) in [6.45, 7) is 3.93. The van der Waals surface area contributed by atoms with E-state index in [-0.39, 0.29) is 18.4 Å². The van der Waals surface area contributed by atoms with E-state index in [1.807, 2.05) is 19.1 Å². The van der Waals surface area contributed by atoms with Gasteiger partial charge in [0.15, 0.2) is 16.7 Å². The zero-order chi connectivity index (χ0) is 23.5. The minimum Gasteiger partial charge on any atom is -0.491 e. The first-order valence-electron chi connectivity index (χ1n) is 10.6. The summed E-state index contributed by atoms with van der Waals surface area (Å²) in [5.41, 5.74) is 1.09. The van der Waals surface area contributed by atoms with Crippen LogP contribution in [0.3, 0.4) is 0 Å². The number of nitrogens with one attached hydrogen (secondary N) is 1. The average Bonchev–Trinajstić information content (AvgIpc) is 3.17. The number of anilines is 2. The second kappa shape index (κ2) is 9.50. The van der Waals surface area contributed by atoms with Gasteiger partial charge in [-0.15, -0.1) is 11.3 Å². The molecule has 1 aromatic heterocycles. The highest BCUT2D eigenvalue weighted by Gasteiger charge is 2.32. The fourth-order valence-electron chi connectivity index (χ4n) is 3.59. The number of para-hydroxylation sites is 2. The third kappa shape index (κ3) is 4.49. The predicted molar refractivity (Wildman–Crippen MR) is 126 cm³/mol. The van der Waals surface area contributed by atoms with Crippen molar-refractivity contribution in [2.45, 2.75) is 26.4 Å². The van der Waals surface area contributed by atoms with Crippen molar-refractivity contribution >= 4 is 50.6 Å². The molecule has 0 saturated carbocycles. The van der Waals surface area contributed by atoms with E-state index in [0.717, 1.165) is 11.1 Å². The van der Waals surface area contributed by atoms with Crippen LogP contribution in [-0.4, -0.2) is 44.1 Å². The van der Waals surface area contributed by atoms with Gasteiger partial charge in [-0.2, -0.15) is 0 Å². The second-order valence-electron chi connectivity index (χ2n) is 7.51. The molecule has 0 aliphatic carbocycles. The molecule has 0 saturated heterocycles. The fraction of sp³-hybridized carbons (Fsp3) is 0.292. The molecule has 0 spiro atoms. The van der Waals surface area contributed by atoms with E-state index in [1.165, 1.54) is 23.3 Å². The summed E-state index contributed by atoms with van der Waals surface area (Å²) in [6, 6.07) is 12.4. The number of carbonyl (C=O) groups is 3. The molecule has 2 aromatic carbocycles. The lowest BCUT2D eigenvalue weighted by Crippen LogP contribution is -2.47. The summed E-state index contributed by atoms with van der Waals surface area (Å²) in [5, 5.41) is 3.56. The van der Waals surface area contributed by atoms with E-state index in [2.05, 4.69) is 5.32 Å². The standard InChI is InChI=1S/C24H24N2O6S/c1-4-11-31-21-16-12-15(9-10-19(16)33-22(21)24(29)30-3)25-20(27)13-26-17-7-5-6-8-18(17)32-14(2)23(26)28/h5-10,12,14H,4,11,13H2,1-3H3,(H,25,27)/t14-/m1/s1. The van der Waals surface area contributed by atoms with Gasteiger partial charge in [-0.3, -0.25) is 14.5 Å². The average molecular weight is 469 g/mol. The monoisotopic (exact) mass is 468 g/mol. The molecule has 1 atom stereocenters. The van der Waals surface area contributed by atoms with Crippen LogP contribution in [0.5, 0.6) is 11.5 Å². The quantitative estimate of drug-likeness (QED) is 0.522. The van der Waals surface area contributed by atoms with Crippen molar-refractivity contribution in [3.63, 3.8) is 0 Å². The second-order valence-corrected chi connectivity index (χ2v) is 8.56. The van der Waals surface area contributed by atoms with E-state index in [4.69, 9.17) is 14.2 Å². The van der Waals surface area contributed by atoms with Gasteiger partial charge >= 0.3 is 5.97 Å². The maximum atomic E-state index is 12.8. The summed E-state index contributed by atoms with van der Waals surface area (Å²) < 4.78 is 17.2. The molecule has 0 radical (unpaired) electrons. The Morgan fingerprint density at radius 1 is 1.21 bits per heavy atom. The van der Waals surface area contributed by atoms with Crippen LogP contribution >= 0.6 is 11.3 Å². The Kier molecular flexibility index (Phi) is 6.50. The summed E-state index contributed by atoms with van der Waals surface area (Å²) in [6.07, 6.45) is 0.104. The summed E-state index contributed by atoms with van der Waals surface area (Å²) in [4.78, 5) is 39.5. The number of ether oxygens (including phenoxy) is 3. The maximum absolute atomic E-state index is 12.8. The first-order chi connectivity index (χ1) is 15.9. The maximum Gasteiger partial charge on any atom is 0.351 e. The number of amides is 2. The van der Waals surface area contributed by atoms with Gasteiger partial charge in [-0.05, 0) is 43.7 Å². The Morgan fingerprint density at radius 3 is 2.76 bits per heavy atom. The van der Waals surface area contributed by atoms with Gasteiger partial charge in [0.2, 0.25) is 5.91 Å². The largest absolute Gasteiger partial charge is 0.491 e. The molecule has 2 heterocycles. The highest BCUT2D eigenvalue weighted by Crippen LogP contribution is 2.40. The molecule has 0 fully saturated rings. The van der Waals surface area contributed by atoms with Crippen LogP contribution in [0.25, 0.3) is 10.1 Å². The van der Waals surface area contributed by atoms with Gasteiger partial charge in [0.25, 0.3) is 5.91 Å². The SMILES string of the molecule is CCCOc1c(C(=O)OC)sc2ccc(NC(=O)CN3C(=O)[C@@H](C)Oc4ccccc43)cc12. The molecule has 1 aliphatic rings. The van der Waals surface area contributed by atoms with Gasteiger partial charge in [0.1, 0.15) is 12.3 Å². The number of esters is 1. The van der Waals surface area contributed by atoms with E-state index < -0.39 is 12.1 Å². The zero-order valence-corrected chi connectivity index (χ0v) is 19.4. The first kappa shape index (κ1) is 22.6. The lowest BCUT2D eigenvalue weighted by atomic mass is 10.2. The lowest BCUT2D eigenvalue weighted by Gasteiger charge is -2.32. The van der Waals surface area contributed by atoms with Crippen LogP contribution in [0.4, 0.5) is 11.4 Å². The van der Waals surface area contributed by atoms with Crippen molar-refractivity contribution in [1.29, 1.82) is 0 Å². The van der Waals surface area contributed by atoms with Crippen LogP contribution in [0.15, 0.2) is 42.5 Å². The zero-order valence-electron chi connectivity index (χ0n) is 18.5. The Labute approximate surface area is 195 Å². The number of nitrogens with zero attached hydrogens (tertiary/aromatic N) is 1. The molecule has 3 aromatic rings. The van der Waals surface area contributed by atoms with Crippen LogP contribution in [0.1, 0.15) is 29.9 Å². The molecule has 33 heavy (non-hydrogen) atoms. The number of carbonyl (C=O) groups excluding carboxylic acids is 3. The highest BCUT2D eigenvalue weighted by atomic mass is 32.1. The van der Waals surface area contributed by atoms with Crippen molar-refractivity contribution in [3.8, 4) is 11.5 Å². The number of fused-ring (bicyclic) bond motifs is 2. The Balaban J connectivity index is 1.58. The first-order valence-corrected chi connectivity index (χ1v) is 11.4. The number of benzene rings is 2. The van der Waals surface area contributed by atoms with Gasteiger partial charge in [0, 0.05) is 15.8 Å². The molecule has 172 valence electrons. The Bertz CT molecular complexity index is 1220. The molecule has 4 rings (SSSR count). The van der Waals surface area contributed by atoms with Crippen molar-refractivity contribution in [2.75, 3.05) is 30.5 Å². The van der Waals surface area contributed by atoms with Crippen molar-refractivity contribution in [1.82, 2.24) is 0 Å². The number of rotatable bonds is 7. The Hall–Kier alpha value is -3.59. The van der Waals surface area contributed by atoms with Crippen LogP contribution in [0, 0.1) is 0 Å². The minimum atomic E-state index is -0.676. The smallest absolute Gasteiger partial charge is 0.351 e. The van der Waals surface area contributed by atoms with E-state index in [1.54, 1.807) is 37.3 Å². The number of hydrogen-bond acceptors (Lipinski definition) is 7. The predicted octanol–water partition coefficient (Wildman–Crippen LogP) is 4.23. The molecule has 0 unspecified atom stereocenters. The number of hydrogen-bond donors (Lipinski definition) is 1. The van der Waals surface area contributed by atoms with Crippen molar-refractivity contribution in [2.24, 2.45) is 0 Å². The molecule has 9 heteroatoms. The van der Waals surface area contributed by atoms with Crippen LogP contribution in [-0.2, 0) is 14.3 Å². The van der Waals surface area contributed by atoms with Gasteiger partial charge in [-0.1, -0.05) is 19.1 Å². The molecule has 8 nitrogen and oxygen atoms in total. The topological polar surface area (TPSA) is 94.2 Å². The lowest BCUT2D eigenvalue weighted by molar-refractivity contribution is -0.127. The summed E-state index contributed by atoms with van der Waals surface area (Å²) in [7, 11) is 1.33. The van der Waals surface area contributed by atoms with E-state index >= 15 is 0 Å². The highest BCUT2D eigenvalue weighted by molar-refractivity contribution is 7.21. The third-order valence-corrected chi connectivity index (χ3v) is 6.25. The van der Waals surface area contributed by atoms with Gasteiger partial charge in [0.05, 0.1) is 19.4 Å². The van der Waals surface area contributed by atoms with Crippen LogP contribution < -0.4 is 19.7 Å². The summed E-state index contributed by atoms with van der Waals surface area (Å²) in [5.74, 6) is -0.0938. The summed E-state index contributed by atoms with van der Waals surface area (Å²) >= 11 is 1.28. The fourth-order valence-corrected chi connectivity index (χ4v) is 4.64. The van der Waals surface area contributed by atoms with E-state index in [9.17, 15) is 14.4 Å². The third-order valence-electron chi connectivity index (χ3n) is 5.12. The molecular weight excluding hydrogens is 444 g/mol. The molecule has 0 bridgehead atoms. The molecule has 2 amide bonds.